The van der Waals surface area contributed by atoms with Gasteiger partial charge in [0.2, 0.25) is 0 Å². The van der Waals surface area contributed by atoms with Crippen molar-refractivity contribution in [1.29, 1.82) is 0 Å². The molecule has 0 amide bonds. The number of rotatable bonds is 8. The highest BCUT2D eigenvalue weighted by molar-refractivity contribution is 14.0. The summed E-state index contributed by atoms with van der Waals surface area (Å²) in [5.41, 5.74) is 7.54. The van der Waals surface area contributed by atoms with Gasteiger partial charge in [0, 0.05) is 13.1 Å². The van der Waals surface area contributed by atoms with Crippen molar-refractivity contribution >= 4 is 29.9 Å². The van der Waals surface area contributed by atoms with Crippen LogP contribution in [0.5, 0.6) is 11.5 Å². The molecule has 0 bridgehead atoms. The number of guanidine groups is 1. The lowest BCUT2D eigenvalue weighted by Crippen LogP contribution is -2.33. The van der Waals surface area contributed by atoms with E-state index in [9.17, 15) is 0 Å². The summed E-state index contributed by atoms with van der Waals surface area (Å²) >= 11 is 0. The molecule has 0 unspecified atom stereocenters. The summed E-state index contributed by atoms with van der Waals surface area (Å²) in [4.78, 5) is 4.46. The highest BCUT2D eigenvalue weighted by Gasteiger charge is 2.40. The Hall–Kier alpha value is -1.18. The standard InChI is InChI=1S/C17H27N3O2.HI/c1-4-17(8-9-17)12-20-16(18)19-10-7-13-5-6-14(21-2)15(11-13)22-3;/h5-6,11H,4,7-10,12H2,1-3H3,(H3,18,19,20);1H. The number of nitrogens with zero attached hydrogens (tertiary/aromatic N) is 1. The number of halogens is 1. The largest absolute Gasteiger partial charge is 0.493 e. The molecule has 0 aliphatic heterocycles. The van der Waals surface area contributed by atoms with E-state index in [1.165, 1.54) is 24.8 Å². The van der Waals surface area contributed by atoms with Gasteiger partial charge in [-0.3, -0.25) is 4.99 Å². The SMILES string of the molecule is CCC1(CN=C(N)NCCc2ccc(OC)c(OC)c2)CC1.I. The van der Waals surface area contributed by atoms with Gasteiger partial charge in [-0.05, 0) is 48.8 Å². The van der Waals surface area contributed by atoms with E-state index in [1.54, 1.807) is 14.2 Å². The van der Waals surface area contributed by atoms with Crippen LogP contribution in [0, 0.1) is 5.41 Å². The number of nitrogens with one attached hydrogen (secondary N) is 1. The van der Waals surface area contributed by atoms with Crippen LogP contribution in [0.2, 0.25) is 0 Å². The van der Waals surface area contributed by atoms with Crippen molar-refractivity contribution in [2.24, 2.45) is 16.1 Å². The number of hydrogen-bond acceptors (Lipinski definition) is 3. The smallest absolute Gasteiger partial charge is 0.188 e. The van der Waals surface area contributed by atoms with Crippen LogP contribution >= 0.6 is 24.0 Å². The quantitative estimate of drug-likeness (QED) is 0.376. The van der Waals surface area contributed by atoms with Crippen LogP contribution in [0.1, 0.15) is 31.7 Å². The fraction of sp³-hybridized carbons (Fsp3) is 0.588. The highest BCUT2D eigenvalue weighted by Crippen LogP contribution is 2.48. The number of methoxy groups -OCH3 is 2. The average molecular weight is 433 g/mol. The van der Waals surface area contributed by atoms with Gasteiger partial charge in [-0.2, -0.15) is 0 Å². The van der Waals surface area contributed by atoms with Crippen LogP contribution in [0.15, 0.2) is 23.2 Å². The van der Waals surface area contributed by atoms with Gasteiger partial charge in [0.25, 0.3) is 0 Å². The Morgan fingerprint density at radius 2 is 1.96 bits per heavy atom. The monoisotopic (exact) mass is 433 g/mol. The van der Waals surface area contributed by atoms with Crippen molar-refractivity contribution in [3.63, 3.8) is 0 Å². The molecule has 2 rings (SSSR count). The molecule has 3 N–H and O–H groups in total. The Morgan fingerprint density at radius 3 is 2.52 bits per heavy atom. The first kappa shape index (κ1) is 19.9. The lowest BCUT2D eigenvalue weighted by molar-refractivity contribution is 0.354. The van der Waals surface area contributed by atoms with E-state index in [-0.39, 0.29) is 24.0 Å². The molecule has 130 valence electrons. The van der Waals surface area contributed by atoms with E-state index < -0.39 is 0 Å². The maximum Gasteiger partial charge on any atom is 0.188 e. The first-order valence-corrected chi connectivity index (χ1v) is 7.87. The van der Waals surface area contributed by atoms with Gasteiger partial charge < -0.3 is 20.5 Å². The van der Waals surface area contributed by atoms with Crippen molar-refractivity contribution in [3.8, 4) is 11.5 Å². The molecule has 1 aliphatic carbocycles. The summed E-state index contributed by atoms with van der Waals surface area (Å²) < 4.78 is 10.5. The van der Waals surface area contributed by atoms with Gasteiger partial charge >= 0.3 is 0 Å². The fourth-order valence-corrected chi connectivity index (χ4v) is 2.48. The van der Waals surface area contributed by atoms with Crippen molar-refractivity contribution in [2.75, 3.05) is 27.3 Å². The van der Waals surface area contributed by atoms with E-state index in [0.29, 0.717) is 11.4 Å². The summed E-state index contributed by atoms with van der Waals surface area (Å²) in [6.07, 6.45) is 4.61. The Balaban J connectivity index is 0.00000264. The molecular formula is C17H28IN3O2. The molecule has 0 radical (unpaired) electrons. The minimum absolute atomic E-state index is 0. The molecule has 0 atom stereocenters. The molecule has 1 aromatic rings. The Morgan fingerprint density at radius 1 is 1.26 bits per heavy atom. The van der Waals surface area contributed by atoms with Gasteiger partial charge in [0.15, 0.2) is 17.5 Å². The molecule has 0 spiro atoms. The summed E-state index contributed by atoms with van der Waals surface area (Å²) in [7, 11) is 3.28. The summed E-state index contributed by atoms with van der Waals surface area (Å²) in [5, 5.41) is 3.18. The van der Waals surface area contributed by atoms with E-state index in [1.807, 2.05) is 18.2 Å². The van der Waals surface area contributed by atoms with Crippen molar-refractivity contribution in [1.82, 2.24) is 5.32 Å². The normalized spacial score (nSPS) is 15.5. The number of aliphatic imine (C=N–C) groups is 1. The molecule has 1 saturated carbocycles. The third-order valence-corrected chi connectivity index (χ3v) is 4.46. The molecule has 0 heterocycles. The Bertz CT molecular complexity index is 531. The van der Waals surface area contributed by atoms with Crippen LogP contribution < -0.4 is 20.5 Å². The van der Waals surface area contributed by atoms with Gasteiger partial charge in [0.05, 0.1) is 14.2 Å². The van der Waals surface area contributed by atoms with Gasteiger partial charge in [-0.15, -0.1) is 24.0 Å². The molecule has 5 nitrogen and oxygen atoms in total. The first-order chi connectivity index (χ1) is 10.6. The molecule has 23 heavy (non-hydrogen) atoms. The zero-order valence-electron chi connectivity index (χ0n) is 14.2. The van der Waals surface area contributed by atoms with Gasteiger partial charge in [0.1, 0.15) is 0 Å². The maximum absolute atomic E-state index is 5.92. The lowest BCUT2D eigenvalue weighted by Gasteiger charge is -2.11. The van der Waals surface area contributed by atoms with Crippen LogP contribution in [0.25, 0.3) is 0 Å². The predicted octanol–water partition coefficient (Wildman–Crippen LogP) is 2.96. The van der Waals surface area contributed by atoms with E-state index in [2.05, 4.69) is 17.2 Å². The van der Waals surface area contributed by atoms with Crippen molar-refractivity contribution < 1.29 is 9.47 Å². The van der Waals surface area contributed by atoms with E-state index in [4.69, 9.17) is 15.2 Å². The minimum atomic E-state index is 0. The van der Waals surface area contributed by atoms with E-state index >= 15 is 0 Å². The van der Waals surface area contributed by atoms with Crippen LogP contribution in [0.3, 0.4) is 0 Å². The minimum Gasteiger partial charge on any atom is -0.493 e. The summed E-state index contributed by atoms with van der Waals surface area (Å²) in [6.45, 7) is 3.83. The fourth-order valence-electron chi connectivity index (χ4n) is 2.48. The Labute approximate surface area is 156 Å². The molecule has 6 heteroatoms. The third-order valence-electron chi connectivity index (χ3n) is 4.46. The summed E-state index contributed by atoms with van der Waals surface area (Å²) in [5.74, 6) is 2.04. The zero-order valence-corrected chi connectivity index (χ0v) is 16.6. The lowest BCUT2D eigenvalue weighted by atomic mass is 10.1. The van der Waals surface area contributed by atoms with Gasteiger partial charge in [-0.25, -0.2) is 0 Å². The van der Waals surface area contributed by atoms with Crippen molar-refractivity contribution in [2.45, 2.75) is 32.6 Å². The number of nitrogens with two attached hydrogens (primary N) is 1. The second-order valence-corrected chi connectivity index (χ2v) is 5.92. The summed E-state index contributed by atoms with van der Waals surface area (Å²) in [6, 6.07) is 5.94. The number of ether oxygens (including phenoxy) is 2. The topological polar surface area (TPSA) is 68.9 Å². The van der Waals surface area contributed by atoms with Crippen molar-refractivity contribution in [3.05, 3.63) is 23.8 Å². The van der Waals surface area contributed by atoms with Gasteiger partial charge in [-0.1, -0.05) is 13.0 Å². The molecule has 1 aromatic carbocycles. The number of benzene rings is 1. The molecular weight excluding hydrogens is 405 g/mol. The molecule has 1 aliphatic rings. The number of hydrogen-bond donors (Lipinski definition) is 2. The molecule has 1 fully saturated rings. The maximum atomic E-state index is 5.92. The average Bonchev–Trinajstić information content (AvgIpc) is 3.33. The van der Waals surface area contributed by atoms with E-state index in [0.717, 1.165) is 31.0 Å². The zero-order chi connectivity index (χ0) is 16.0. The predicted molar refractivity (Wildman–Crippen MR) is 105 cm³/mol. The molecule has 0 saturated heterocycles. The second kappa shape index (κ2) is 9.20. The second-order valence-electron chi connectivity index (χ2n) is 5.92. The van der Waals surface area contributed by atoms with Crippen LogP contribution in [-0.2, 0) is 6.42 Å². The highest BCUT2D eigenvalue weighted by atomic mass is 127. The third kappa shape index (κ3) is 5.75. The first-order valence-electron chi connectivity index (χ1n) is 7.87. The van der Waals surface area contributed by atoms with Crippen LogP contribution in [-0.4, -0.2) is 33.3 Å². The Kier molecular flexibility index (Phi) is 7.94. The molecule has 0 aromatic heterocycles. The van der Waals surface area contributed by atoms with Crippen LogP contribution in [0.4, 0.5) is 0 Å².